The second kappa shape index (κ2) is 5.98. The van der Waals surface area contributed by atoms with Crippen molar-refractivity contribution in [2.75, 3.05) is 7.11 Å². The van der Waals surface area contributed by atoms with Gasteiger partial charge in [0, 0.05) is 4.47 Å². The van der Waals surface area contributed by atoms with Gasteiger partial charge in [-0.05, 0) is 51.1 Å². The summed E-state index contributed by atoms with van der Waals surface area (Å²) in [5.74, 6) is 0.812. The largest absolute Gasteiger partial charge is 0.497 e. The minimum Gasteiger partial charge on any atom is -0.497 e. The molecule has 2 nitrogen and oxygen atoms in total. The highest BCUT2D eigenvalue weighted by Crippen LogP contribution is 2.23. The first-order valence-electron chi connectivity index (χ1n) is 5.30. The van der Waals surface area contributed by atoms with Gasteiger partial charge < -0.3 is 4.74 Å². The SMILES string of the molecule is COc1ccc(/C=C/C(=O)c2sccc2Br)cc1. The number of methoxy groups -OCH3 is 1. The van der Waals surface area contributed by atoms with Crippen LogP contribution in [0.2, 0.25) is 0 Å². The molecule has 0 unspecified atom stereocenters. The van der Waals surface area contributed by atoms with Crippen molar-refractivity contribution in [3.63, 3.8) is 0 Å². The van der Waals surface area contributed by atoms with Crippen molar-refractivity contribution in [1.82, 2.24) is 0 Å². The van der Waals surface area contributed by atoms with Gasteiger partial charge in [-0.1, -0.05) is 18.2 Å². The molecule has 0 saturated carbocycles. The molecule has 1 heterocycles. The summed E-state index contributed by atoms with van der Waals surface area (Å²) in [6.45, 7) is 0. The highest BCUT2D eigenvalue weighted by Gasteiger charge is 2.07. The molecule has 0 radical (unpaired) electrons. The third kappa shape index (κ3) is 3.09. The normalized spacial score (nSPS) is 10.8. The van der Waals surface area contributed by atoms with Crippen LogP contribution in [0.3, 0.4) is 0 Å². The topological polar surface area (TPSA) is 26.3 Å². The average molecular weight is 323 g/mol. The van der Waals surface area contributed by atoms with E-state index in [-0.39, 0.29) is 5.78 Å². The fourth-order valence-corrected chi connectivity index (χ4v) is 2.92. The number of halogens is 1. The predicted octanol–water partition coefficient (Wildman–Crippen LogP) is 4.42. The van der Waals surface area contributed by atoms with E-state index >= 15 is 0 Å². The number of ether oxygens (including phenoxy) is 1. The van der Waals surface area contributed by atoms with Crippen LogP contribution in [-0.2, 0) is 0 Å². The molecule has 2 aromatic rings. The molecule has 0 spiro atoms. The lowest BCUT2D eigenvalue weighted by molar-refractivity contribution is 0.105. The van der Waals surface area contributed by atoms with Crippen molar-refractivity contribution < 1.29 is 9.53 Å². The Labute approximate surface area is 118 Å². The number of allylic oxidation sites excluding steroid dienone is 1. The van der Waals surface area contributed by atoms with Gasteiger partial charge in [0.1, 0.15) is 5.75 Å². The molecule has 1 aromatic heterocycles. The third-order valence-corrected chi connectivity index (χ3v) is 4.24. The second-order valence-electron chi connectivity index (χ2n) is 3.57. The number of ketones is 1. The Hall–Kier alpha value is -1.39. The van der Waals surface area contributed by atoms with Crippen LogP contribution in [0, 0.1) is 0 Å². The van der Waals surface area contributed by atoms with Gasteiger partial charge in [0.15, 0.2) is 5.78 Å². The number of carbonyl (C=O) groups is 1. The van der Waals surface area contributed by atoms with E-state index in [1.807, 2.05) is 35.7 Å². The molecule has 0 amide bonds. The highest BCUT2D eigenvalue weighted by molar-refractivity contribution is 9.10. The zero-order valence-corrected chi connectivity index (χ0v) is 12.1. The van der Waals surface area contributed by atoms with E-state index in [1.54, 1.807) is 19.3 Å². The molecule has 0 N–H and O–H groups in total. The molecule has 0 fully saturated rings. The van der Waals surface area contributed by atoms with E-state index in [0.29, 0.717) is 0 Å². The van der Waals surface area contributed by atoms with Gasteiger partial charge in [0.25, 0.3) is 0 Å². The van der Waals surface area contributed by atoms with Gasteiger partial charge in [-0.3, -0.25) is 4.79 Å². The summed E-state index contributed by atoms with van der Waals surface area (Å²) >= 11 is 4.78. The van der Waals surface area contributed by atoms with Crippen LogP contribution in [0.15, 0.2) is 46.3 Å². The summed E-state index contributed by atoms with van der Waals surface area (Å²) in [6.07, 6.45) is 3.38. The average Bonchev–Trinajstić information content (AvgIpc) is 2.83. The van der Waals surface area contributed by atoms with Crippen LogP contribution in [0.4, 0.5) is 0 Å². The fraction of sp³-hybridized carbons (Fsp3) is 0.0714. The molecule has 0 aliphatic heterocycles. The van der Waals surface area contributed by atoms with Crippen LogP contribution in [0.5, 0.6) is 5.75 Å². The van der Waals surface area contributed by atoms with E-state index in [1.165, 1.54) is 11.3 Å². The number of benzene rings is 1. The maximum atomic E-state index is 11.9. The standard InChI is InChI=1S/C14H11BrO2S/c1-17-11-5-2-10(3-6-11)4-7-13(16)14-12(15)8-9-18-14/h2-9H,1H3/b7-4+. The van der Waals surface area contributed by atoms with Crippen LogP contribution < -0.4 is 4.74 Å². The summed E-state index contributed by atoms with van der Waals surface area (Å²) in [5.41, 5.74) is 0.969. The molecular formula is C14H11BrO2S. The van der Waals surface area contributed by atoms with E-state index in [4.69, 9.17) is 4.74 Å². The molecule has 0 bridgehead atoms. The van der Waals surface area contributed by atoms with Gasteiger partial charge >= 0.3 is 0 Å². The van der Waals surface area contributed by atoms with Crippen molar-refractivity contribution in [3.05, 3.63) is 56.7 Å². The third-order valence-electron chi connectivity index (χ3n) is 2.38. The molecular weight excluding hydrogens is 312 g/mol. The van der Waals surface area contributed by atoms with Gasteiger partial charge in [-0.2, -0.15) is 0 Å². The molecule has 4 heteroatoms. The maximum absolute atomic E-state index is 11.9. The number of rotatable bonds is 4. The van der Waals surface area contributed by atoms with Crippen LogP contribution in [0.25, 0.3) is 6.08 Å². The molecule has 0 aliphatic carbocycles. The van der Waals surface area contributed by atoms with Gasteiger partial charge in [-0.25, -0.2) is 0 Å². The van der Waals surface area contributed by atoms with Crippen molar-refractivity contribution in [2.24, 2.45) is 0 Å². The minimum atomic E-state index is 0.00712. The summed E-state index contributed by atoms with van der Waals surface area (Å²) in [4.78, 5) is 12.6. The summed E-state index contributed by atoms with van der Waals surface area (Å²) in [5, 5.41) is 1.89. The van der Waals surface area contributed by atoms with Crippen molar-refractivity contribution >= 4 is 39.1 Å². The van der Waals surface area contributed by atoms with Crippen molar-refractivity contribution in [1.29, 1.82) is 0 Å². The lowest BCUT2D eigenvalue weighted by Crippen LogP contribution is -1.90. The van der Waals surface area contributed by atoms with Crippen LogP contribution >= 0.6 is 27.3 Å². The van der Waals surface area contributed by atoms with Crippen LogP contribution in [0.1, 0.15) is 15.2 Å². The first-order chi connectivity index (χ1) is 8.70. The molecule has 0 atom stereocenters. The Morgan fingerprint density at radius 2 is 2.00 bits per heavy atom. The summed E-state index contributed by atoms with van der Waals surface area (Å²) < 4.78 is 5.92. The van der Waals surface area contributed by atoms with Crippen molar-refractivity contribution in [3.8, 4) is 5.75 Å². The van der Waals surface area contributed by atoms with E-state index in [2.05, 4.69) is 15.9 Å². The highest BCUT2D eigenvalue weighted by atomic mass is 79.9. The Morgan fingerprint density at radius 1 is 1.28 bits per heavy atom. The Balaban J connectivity index is 2.11. The zero-order chi connectivity index (χ0) is 13.0. The van der Waals surface area contributed by atoms with Gasteiger partial charge in [-0.15, -0.1) is 11.3 Å². The van der Waals surface area contributed by atoms with E-state index < -0.39 is 0 Å². The predicted molar refractivity (Wildman–Crippen MR) is 78.4 cm³/mol. The van der Waals surface area contributed by atoms with Gasteiger partial charge in [0.2, 0.25) is 0 Å². The summed E-state index contributed by atoms with van der Waals surface area (Å²) in [6, 6.07) is 9.42. The van der Waals surface area contributed by atoms with Crippen molar-refractivity contribution in [2.45, 2.75) is 0 Å². The molecule has 0 saturated heterocycles. The smallest absolute Gasteiger partial charge is 0.196 e. The lowest BCUT2D eigenvalue weighted by Gasteiger charge is -1.98. The minimum absolute atomic E-state index is 0.00712. The molecule has 0 aliphatic rings. The quantitative estimate of drug-likeness (QED) is 0.615. The first-order valence-corrected chi connectivity index (χ1v) is 6.97. The fourth-order valence-electron chi connectivity index (χ4n) is 1.43. The maximum Gasteiger partial charge on any atom is 0.196 e. The van der Waals surface area contributed by atoms with E-state index in [0.717, 1.165) is 20.7 Å². The molecule has 92 valence electrons. The number of hydrogen-bond donors (Lipinski definition) is 0. The number of carbonyl (C=O) groups excluding carboxylic acids is 1. The first kappa shape index (κ1) is 13.1. The van der Waals surface area contributed by atoms with E-state index in [9.17, 15) is 4.79 Å². The number of thiophene rings is 1. The van der Waals surface area contributed by atoms with Crippen LogP contribution in [-0.4, -0.2) is 12.9 Å². The zero-order valence-electron chi connectivity index (χ0n) is 9.72. The van der Waals surface area contributed by atoms with Gasteiger partial charge in [0.05, 0.1) is 12.0 Å². The molecule has 2 rings (SSSR count). The molecule has 18 heavy (non-hydrogen) atoms. The Morgan fingerprint density at radius 3 is 2.56 bits per heavy atom. The Bertz CT molecular complexity index is 570. The monoisotopic (exact) mass is 322 g/mol. The Kier molecular flexibility index (Phi) is 4.33. The lowest BCUT2D eigenvalue weighted by atomic mass is 10.2. The molecule has 1 aromatic carbocycles. The summed E-state index contributed by atoms with van der Waals surface area (Å²) in [7, 11) is 1.63. The number of hydrogen-bond acceptors (Lipinski definition) is 3. The second-order valence-corrected chi connectivity index (χ2v) is 5.34.